The van der Waals surface area contributed by atoms with E-state index < -0.39 is 0 Å². The van der Waals surface area contributed by atoms with Crippen LogP contribution >= 0.6 is 0 Å². The zero-order valence-corrected chi connectivity index (χ0v) is 18.3. The lowest BCUT2D eigenvalue weighted by Crippen LogP contribution is -2.52. The summed E-state index contributed by atoms with van der Waals surface area (Å²) in [5.41, 5.74) is 3.57. The third kappa shape index (κ3) is 4.93. The number of nitrogens with zero attached hydrogens (tertiary/aromatic N) is 4. The van der Waals surface area contributed by atoms with Gasteiger partial charge in [-0.1, -0.05) is 30.7 Å². The number of piperidine rings is 1. The Morgan fingerprint density at radius 3 is 2.70 bits per heavy atom. The van der Waals surface area contributed by atoms with Gasteiger partial charge in [0.15, 0.2) is 0 Å². The van der Waals surface area contributed by atoms with Crippen LogP contribution in [0.15, 0.2) is 36.7 Å². The second-order valence-electron chi connectivity index (χ2n) is 8.68. The standard InChI is InChI=1S/C24H34N4O2/c1-19-8-4-5-9-20(19)10-11-23(29)28-14-15-30-22(18-27-12-6-3-7-13-27)24(28)21-16-25-26(2)17-21/h4-5,8-9,16-17,22,24H,3,6-7,10-15,18H2,1-2H3/t22-,24-/m0/s1. The third-order valence-corrected chi connectivity index (χ3v) is 6.50. The molecule has 0 radical (unpaired) electrons. The molecular weight excluding hydrogens is 376 g/mol. The van der Waals surface area contributed by atoms with Crippen LogP contribution in [0.25, 0.3) is 0 Å². The highest BCUT2D eigenvalue weighted by atomic mass is 16.5. The van der Waals surface area contributed by atoms with Crippen molar-refractivity contribution in [3.8, 4) is 0 Å². The van der Waals surface area contributed by atoms with E-state index in [0.29, 0.717) is 19.6 Å². The molecule has 3 heterocycles. The van der Waals surface area contributed by atoms with Crippen LogP contribution in [0, 0.1) is 6.92 Å². The smallest absolute Gasteiger partial charge is 0.223 e. The van der Waals surface area contributed by atoms with E-state index in [9.17, 15) is 4.79 Å². The van der Waals surface area contributed by atoms with Crippen molar-refractivity contribution >= 4 is 5.91 Å². The average Bonchev–Trinajstić information content (AvgIpc) is 3.19. The number of carbonyl (C=O) groups is 1. The van der Waals surface area contributed by atoms with Gasteiger partial charge in [0.1, 0.15) is 0 Å². The highest BCUT2D eigenvalue weighted by Crippen LogP contribution is 2.31. The lowest BCUT2D eigenvalue weighted by Gasteiger charge is -2.43. The van der Waals surface area contributed by atoms with Crippen LogP contribution in [-0.4, -0.2) is 64.4 Å². The maximum atomic E-state index is 13.3. The molecule has 2 aromatic rings. The molecule has 0 N–H and O–H groups in total. The zero-order valence-electron chi connectivity index (χ0n) is 18.3. The molecule has 2 saturated heterocycles. The predicted molar refractivity (Wildman–Crippen MR) is 117 cm³/mol. The van der Waals surface area contributed by atoms with E-state index in [2.05, 4.69) is 35.1 Å². The van der Waals surface area contributed by atoms with Gasteiger partial charge in [-0.25, -0.2) is 0 Å². The maximum absolute atomic E-state index is 13.3. The van der Waals surface area contributed by atoms with Gasteiger partial charge < -0.3 is 14.5 Å². The molecule has 1 amide bonds. The summed E-state index contributed by atoms with van der Waals surface area (Å²) < 4.78 is 8.06. The van der Waals surface area contributed by atoms with E-state index in [1.807, 2.05) is 35.1 Å². The molecule has 4 rings (SSSR count). The maximum Gasteiger partial charge on any atom is 0.223 e. The molecule has 2 fully saturated rings. The van der Waals surface area contributed by atoms with Gasteiger partial charge in [-0.2, -0.15) is 5.10 Å². The quantitative estimate of drug-likeness (QED) is 0.734. The Balaban J connectivity index is 1.50. The van der Waals surface area contributed by atoms with Crippen molar-refractivity contribution in [3.05, 3.63) is 53.3 Å². The molecule has 6 heteroatoms. The molecule has 2 atom stereocenters. The minimum absolute atomic E-state index is 0.0107. The fraction of sp³-hybridized carbons (Fsp3) is 0.583. The number of carbonyl (C=O) groups excluding carboxylic acids is 1. The summed E-state index contributed by atoms with van der Waals surface area (Å²) in [6.07, 6.45) is 9.04. The molecule has 0 spiro atoms. The van der Waals surface area contributed by atoms with Crippen molar-refractivity contribution < 1.29 is 9.53 Å². The normalized spacial score (nSPS) is 22.9. The number of morpholine rings is 1. The SMILES string of the molecule is Cc1ccccc1CCC(=O)N1CCO[C@@H](CN2CCCCC2)[C@@H]1c1cnn(C)c1. The summed E-state index contributed by atoms with van der Waals surface area (Å²) >= 11 is 0. The molecule has 0 saturated carbocycles. The summed E-state index contributed by atoms with van der Waals surface area (Å²) in [6.45, 7) is 6.48. The van der Waals surface area contributed by atoms with Crippen molar-refractivity contribution in [2.24, 2.45) is 7.05 Å². The van der Waals surface area contributed by atoms with E-state index >= 15 is 0 Å². The minimum atomic E-state index is -0.0706. The fourth-order valence-electron chi connectivity index (χ4n) is 4.83. The third-order valence-electron chi connectivity index (χ3n) is 6.50. The molecule has 1 aromatic carbocycles. The molecule has 6 nitrogen and oxygen atoms in total. The highest BCUT2D eigenvalue weighted by Gasteiger charge is 2.38. The van der Waals surface area contributed by atoms with E-state index in [0.717, 1.165) is 31.6 Å². The summed E-state index contributed by atoms with van der Waals surface area (Å²) in [5, 5.41) is 4.38. The second kappa shape index (κ2) is 9.75. The van der Waals surface area contributed by atoms with E-state index in [-0.39, 0.29) is 18.1 Å². The Kier molecular flexibility index (Phi) is 6.85. The van der Waals surface area contributed by atoms with Crippen molar-refractivity contribution in [3.63, 3.8) is 0 Å². The Bertz CT molecular complexity index is 843. The average molecular weight is 411 g/mol. The minimum Gasteiger partial charge on any atom is -0.373 e. The largest absolute Gasteiger partial charge is 0.373 e. The molecule has 162 valence electrons. The first-order valence-electron chi connectivity index (χ1n) is 11.3. The number of benzene rings is 1. The Morgan fingerprint density at radius 2 is 1.97 bits per heavy atom. The number of likely N-dealkylation sites (tertiary alicyclic amines) is 1. The van der Waals surface area contributed by atoms with Crippen LogP contribution in [0.5, 0.6) is 0 Å². The molecule has 2 aliphatic heterocycles. The van der Waals surface area contributed by atoms with Crippen LogP contribution in [0.1, 0.15) is 48.4 Å². The topological polar surface area (TPSA) is 50.6 Å². The first-order valence-corrected chi connectivity index (χ1v) is 11.3. The van der Waals surface area contributed by atoms with Gasteiger partial charge >= 0.3 is 0 Å². The summed E-state index contributed by atoms with van der Waals surface area (Å²) in [6, 6.07) is 8.26. The lowest BCUT2D eigenvalue weighted by atomic mass is 9.98. The van der Waals surface area contributed by atoms with Gasteiger partial charge in [-0.3, -0.25) is 9.48 Å². The Morgan fingerprint density at radius 1 is 1.17 bits per heavy atom. The number of aryl methyl sites for hydroxylation is 3. The van der Waals surface area contributed by atoms with Crippen LogP contribution in [0.4, 0.5) is 0 Å². The van der Waals surface area contributed by atoms with Crippen molar-refractivity contribution in [1.29, 1.82) is 0 Å². The summed E-state index contributed by atoms with van der Waals surface area (Å²) in [4.78, 5) is 17.9. The highest BCUT2D eigenvalue weighted by molar-refractivity contribution is 5.77. The van der Waals surface area contributed by atoms with Crippen molar-refractivity contribution in [1.82, 2.24) is 19.6 Å². The van der Waals surface area contributed by atoms with Gasteiger partial charge in [0, 0.05) is 38.3 Å². The number of ether oxygens (including phenoxy) is 1. The summed E-state index contributed by atoms with van der Waals surface area (Å²) in [5.74, 6) is 0.207. The number of hydrogen-bond acceptors (Lipinski definition) is 4. The fourth-order valence-corrected chi connectivity index (χ4v) is 4.83. The molecule has 1 aromatic heterocycles. The number of aromatic nitrogens is 2. The van der Waals surface area contributed by atoms with Gasteiger partial charge in [0.2, 0.25) is 5.91 Å². The Labute approximate surface area is 179 Å². The van der Waals surface area contributed by atoms with Crippen LogP contribution in [0.2, 0.25) is 0 Å². The Hall–Kier alpha value is -2.18. The van der Waals surface area contributed by atoms with Crippen molar-refractivity contribution in [2.45, 2.75) is 51.2 Å². The molecule has 30 heavy (non-hydrogen) atoms. The number of hydrogen-bond donors (Lipinski definition) is 0. The molecule has 2 aliphatic rings. The molecule has 0 bridgehead atoms. The first kappa shape index (κ1) is 21.1. The number of rotatable bonds is 6. The summed E-state index contributed by atoms with van der Waals surface area (Å²) in [7, 11) is 1.93. The monoisotopic (exact) mass is 410 g/mol. The van der Waals surface area contributed by atoms with E-state index in [1.165, 1.54) is 30.4 Å². The van der Waals surface area contributed by atoms with E-state index in [4.69, 9.17) is 4.74 Å². The zero-order chi connectivity index (χ0) is 20.9. The van der Waals surface area contributed by atoms with Crippen molar-refractivity contribution in [2.75, 3.05) is 32.8 Å². The molecular formula is C24H34N4O2. The van der Waals surface area contributed by atoms with Gasteiger partial charge in [-0.15, -0.1) is 0 Å². The molecule has 0 unspecified atom stereocenters. The van der Waals surface area contributed by atoms with Gasteiger partial charge in [0.25, 0.3) is 0 Å². The van der Waals surface area contributed by atoms with Gasteiger partial charge in [-0.05, 0) is 50.4 Å². The lowest BCUT2D eigenvalue weighted by molar-refractivity contribution is -0.148. The molecule has 0 aliphatic carbocycles. The van der Waals surface area contributed by atoms with Gasteiger partial charge in [0.05, 0.1) is 24.9 Å². The van der Waals surface area contributed by atoms with Crippen LogP contribution < -0.4 is 0 Å². The second-order valence-corrected chi connectivity index (χ2v) is 8.68. The van der Waals surface area contributed by atoms with Crippen LogP contribution in [0.3, 0.4) is 0 Å². The number of amides is 1. The predicted octanol–water partition coefficient (Wildman–Crippen LogP) is 3.12. The van der Waals surface area contributed by atoms with E-state index in [1.54, 1.807) is 0 Å². The van der Waals surface area contributed by atoms with Crippen LogP contribution in [-0.2, 0) is 23.0 Å². The first-order chi connectivity index (χ1) is 14.6.